The van der Waals surface area contributed by atoms with Gasteiger partial charge in [0.1, 0.15) is 5.82 Å². The van der Waals surface area contributed by atoms with Gasteiger partial charge in [0.25, 0.3) is 0 Å². The van der Waals surface area contributed by atoms with Crippen LogP contribution in [0.25, 0.3) is 6.08 Å². The minimum Gasteiger partial charge on any atom is -0.350 e. The van der Waals surface area contributed by atoms with Crippen molar-refractivity contribution in [1.29, 1.82) is 0 Å². The molecule has 0 fully saturated rings. The second-order valence-corrected chi connectivity index (χ2v) is 6.17. The monoisotopic (exact) mass is 342 g/mol. The van der Waals surface area contributed by atoms with E-state index in [9.17, 15) is 9.18 Å². The molecule has 0 radical (unpaired) electrons. The van der Waals surface area contributed by atoms with Gasteiger partial charge in [-0.2, -0.15) is 5.10 Å². The van der Waals surface area contributed by atoms with Crippen LogP contribution < -0.4 is 5.32 Å². The molecule has 2 aromatic rings. The molecule has 3 rings (SSSR count). The van der Waals surface area contributed by atoms with E-state index in [1.807, 2.05) is 17.7 Å². The van der Waals surface area contributed by atoms with Gasteiger partial charge in [-0.25, -0.2) is 4.39 Å². The Bertz CT molecular complexity index is 751. The predicted octanol–water partition coefficient (Wildman–Crippen LogP) is 2.58. The van der Waals surface area contributed by atoms with Crippen LogP contribution in [0.3, 0.4) is 0 Å². The summed E-state index contributed by atoms with van der Waals surface area (Å²) in [5.74, 6) is -0.175. The van der Waals surface area contributed by atoms with Crippen LogP contribution in [0.5, 0.6) is 0 Å². The Morgan fingerprint density at radius 3 is 2.88 bits per heavy atom. The third-order valence-electron chi connectivity index (χ3n) is 4.26. The lowest BCUT2D eigenvalue weighted by Gasteiger charge is -2.26. The zero-order valence-corrected chi connectivity index (χ0v) is 14.4. The van der Waals surface area contributed by atoms with E-state index in [0.29, 0.717) is 13.0 Å². The highest BCUT2D eigenvalue weighted by Crippen LogP contribution is 2.14. The van der Waals surface area contributed by atoms with Gasteiger partial charge >= 0.3 is 0 Å². The summed E-state index contributed by atoms with van der Waals surface area (Å²) in [5.41, 5.74) is 3.07. The summed E-state index contributed by atoms with van der Waals surface area (Å²) in [6.07, 6.45) is 4.60. The first kappa shape index (κ1) is 17.4. The maximum Gasteiger partial charge on any atom is 0.220 e. The molecule has 1 aliphatic heterocycles. The second-order valence-electron chi connectivity index (χ2n) is 6.17. The van der Waals surface area contributed by atoms with Crippen LogP contribution in [0, 0.1) is 5.82 Å². The molecule has 0 bridgehead atoms. The van der Waals surface area contributed by atoms with E-state index in [-0.39, 0.29) is 11.7 Å². The third kappa shape index (κ3) is 4.76. The van der Waals surface area contributed by atoms with Crippen molar-refractivity contribution in [3.05, 3.63) is 59.2 Å². The number of hydrogen-bond donors (Lipinski definition) is 1. The number of fused-ring (bicyclic) bond motifs is 1. The molecular weight excluding hydrogens is 319 g/mol. The van der Waals surface area contributed by atoms with Crippen LogP contribution in [0.2, 0.25) is 0 Å². The number of carbonyl (C=O) groups is 1. The summed E-state index contributed by atoms with van der Waals surface area (Å²) < 4.78 is 14.9. The van der Waals surface area contributed by atoms with Crippen molar-refractivity contribution in [3.63, 3.8) is 0 Å². The lowest BCUT2D eigenvalue weighted by molar-refractivity contribution is -0.120. The number of benzene rings is 1. The van der Waals surface area contributed by atoms with Gasteiger partial charge < -0.3 is 5.32 Å². The first-order chi connectivity index (χ1) is 12.1. The molecule has 2 heterocycles. The van der Waals surface area contributed by atoms with E-state index in [4.69, 9.17) is 0 Å². The molecule has 1 aromatic heterocycles. The molecule has 0 atom stereocenters. The van der Waals surface area contributed by atoms with Gasteiger partial charge in [0.05, 0.1) is 24.5 Å². The standard InChI is InChI=1S/C19H23FN4O/c1-2-19(25)21-13-17-12-18-14-23(10-11-24(18)22-17)9-3-4-15-5-7-16(20)8-6-15/h3-8,12H,2,9-11,13-14H2,1H3,(H,21,25). The number of rotatable bonds is 6. The van der Waals surface area contributed by atoms with E-state index in [2.05, 4.69) is 27.5 Å². The maximum atomic E-state index is 12.9. The van der Waals surface area contributed by atoms with Gasteiger partial charge in [0, 0.05) is 26.1 Å². The second kappa shape index (κ2) is 8.07. The number of nitrogens with zero attached hydrogens (tertiary/aromatic N) is 3. The van der Waals surface area contributed by atoms with Crippen LogP contribution in [0.15, 0.2) is 36.4 Å². The number of nitrogens with one attached hydrogen (secondary N) is 1. The number of carbonyl (C=O) groups excluding carboxylic acids is 1. The van der Waals surface area contributed by atoms with Gasteiger partial charge in [-0.15, -0.1) is 0 Å². The third-order valence-corrected chi connectivity index (χ3v) is 4.26. The van der Waals surface area contributed by atoms with E-state index in [0.717, 1.165) is 37.4 Å². The average Bonchev–Trinajstić information content (AvgIpc) is 3.03. The van der Waals surface area contributed by atoms with E-state index >= 15 is 0 Å². The maximum absolute atomic E-state index is 12.9. The van der Waals surface area contributed by atoms with Crippen molar-refractivity contribution < 1.29 is 9.18 Å². The molecule has 0 aliphatic carbocycles. The fourth-order valence-electron chi connectivity index (χ4n) is 2.85. The minimum absolute atomic E-state index is 0.0403. The summed E-state index contributed by atoms with van der Waals surface area (Å²) in [5, 5.41) is 7.41. The van der Waals surface area contributed by atoms with Gasteiger partial charge in [-0.3, -0.25) is 14.4 Å². The lowest BCUT2D eigenvalue weighted by Crippen LogP contribution is -2.33. The van der Waals surface area contributed by atoms with E-state index < -0.39 is 0 Å². The fourth-order valence-corrected chi connectivity index (χ4v) is 2.85. The SMILES string of the molecule is CCC(=O)NCc1cc2n(n1)CCN(CC=Cc1ccc(F)cc1)C2. The quantitative estimate of drug-likeness (QED) is 0.878. The molecule has 0 unspecified atom stereocenters. The lowest BCUT2D eigenvalue weighted by atomic mass is 10.2. The Kier molecular flexibility index (Phi) is 5.60. The van der Waals surface area contributed by atoms with Crippen molar-refractivity contribution in [2.24, 2.45) is 0 Å². The summed E-state index contributed by atoms with van der Waals surface area (Å²) in [4.78, 5) is 13.7. The first-order valence-corrected chi connectivity index (χ1v) is 8.61. The topological polar surface area (TPSA) is 50.2 Å². The van der Waals surface area contributed by atoms with Crippen molar-refractivity contribution in [1.82, 2.24) is 20.0 Å². The summed E-state index contributed by atoms with van der Waals surface area (Å²) in [6.45, 7) is 5.78. The summed E-state index contributed by atoms with van der Waals surface area (Å²) in [7, 11) is 0. The molecule has 1 aliphatic rings. The number of amides is 1. The van der Waals surface area contributed by atoms with Crippen molar-refractivity contribution in [3.8, 4) is 0 Å². The molecule has 6 heteroatoms. The molecule has 5 nitrogen and oxygen atoms in total. The molecule has 1 amide bonds. The first-order valence-electron chi connectivity index (χ1n) is 8.61. The van der Waals surface area contributed by atoms with Crippen molar-refractivity contribution in [2.45, 2.75) is 33.0 Å². The Morgan fingerprint density at radius 2 is 2.12 bits per heavy atom. The Morgan fingerprint density at radius 1 is 1.32 bits per heavy atom. The molecule has 1 aromatic carbocycles. The number of halogens is 1. The van der Waals surface area contributed by atoms with Gasteiger partial charge in [0.2, 0.25) is 5.91 Å². The van der Waals surface area contributed by atoms with Crippen LogP contribution in [-0.4, -0.2) is 33.7 Å². The fraction of sp³-hybridized carbons (Fsp3) is 0.368. The molecule has 25 heavy (non-hydrogen) atoms. The van der Waals surface area contributed by atoms with Crippen LogP contribution in [0.1, 0.15) is 30.3 Å². The summed E-state index contributed by atoms with van der Waals surface area (Å²) >= 11 is 0. The normalized spacial score (nSPS) is 14.6. The predicted molar refractivity (Wildman–Crippen MR) is 95.1 cm³/mol. The molecule has 132 valence electrons. The molecule has 0 spiro atoms. The van der Waals surface area contributed by atoms with Crippen molar-refractivity contribution in [2.75, 3.05) is 13.1 Å². The van der Waals surface area contributed by atoms with E-state index in [1.165, 1.54) is 17.8 Å². The highest BCUT2D eigenvalue weighted by molar-refractivity contribution is 5.75. The van der Waals surface area contributed by atoms with Gasteiger partial charge in [-0.1, -0.05) is 31.2 Å². The Hall–Kier alpha value is -2.47. The number of aromatic nitrogens is 2. The smallest absolute Gasteiger partial charge is 0.220 e. The highest BCUT2D eigenvalue weighted by Gasteiger charge is 2.17. The molecular formula is C19H23FN4O. The largest absolute Gasteiger partial charge is 0.350 e. The van der Waals surface area contributed by atoms with E-state index in [1.54, 1.807) is 12.1 Å². The zero-order valence-electron chi connectivity index (χ0n) is 14.4. The van der Waals surface area contributed by atoms with Crippen LogP contribution in [-0.2, 0) is 24.4 Å². The van der Waals surface area contributed by atoms with Crippen LogP contribution >= 0.6 is 0 Å². The van der Waals surface area contributed by atoms with Gasteiger partial charge in [0.15, 0.2) is 0 Å². The molecule has 1 N–H and O–H groups in total. The zero-order chi connectivity index (χ0) is 17.6. The molecule has 0 saturated heterocycles. The van der Waals surface area contributed by atoms with Crippen molar-refractivity contribution >= 4 is 12.0 Å². The highest BCUT2D eigenvalue weighted by atomic mass is 19.1. The molecule has 0 saturated carbocycles. The number of hydrogen-bond acceptors (Lipinski definition) is 3. The summed E-state index contributed by atoms with van der Waals surface area (Å²) in [6, 6.07) is 8.55. The minimum atomic E-state index is -0.215. The van der Waals surface area contributed by atoms with Gasteiger partial charge in [-0.05, 0) is 23.8 Å². The van der Waals surface area contributed by atoms with Crippen LogP contribution in [0.4, 0.5) is 4.39 Å². The Labute approximate surface area is 147 Å². The average molecular weight is 342 g/mol. The Balaban J connectivity index is 1.53.